The van der Waals surface area contributed by atoms with Crippen LogP contribution < -0.4 is 4.90 Å². The number of carbonyl (C=O) groups is 1. The van der Waals surface area contributed by atoms with Crippen molar-refractivity contribution in [2.24, 2.45) is 7.05 Å². The zero-order valence-electron chi connectivity index (χ0n) is 11.1. The normalized spacial score (nSPS) is 10.0. The van der Waals surface area contributed by atoms with E-state index < -0.39 is 0 Å². The second-order valence-corrected chi connectivity index (χ2v) is 4.25. The molecular weight excluding hydrogens is 240 g/mol. The fourth-order valence-electron chi connectivity index (χ4n) is 2.17. The van der Waals surface area contributed by atoms with Gasteiger partial charge in [0.2, 0.25) is 0 Å². The molecule has 5 nitrogen and oxygen atoms in total. The molecule has 2 rings (SSSR count). The molecule has 0 atom stereocenters. The summed E-state index contributed by atoms with van der Waals surface area (Å²) in [6.07, 6.45) is 0.795. The van der Waals surface area contributed by atoms with Crippen molar-refractivity contribution in [2.45, 2.75) is 6.92 Å². The summed E-state index contributed by atoms with van der Waals surface area (Å²) < 4.78 is 1.65. The lowest BCUT2D eigenvalue weighted by Gasteiger charge is -2.21. The first-order chi connectivity index (χ1) is 9.10. The van der Waals surface area contributed by atoms with Gasteiger partial charge in [0.1, 0.15) is 11.9 Å². The van der Waals surface area contributed by atoms with Crippen LogP contribution in [-0.4, -0.2) is 23.1 Å². The average Bonchev–Trinajstić information content (AvgIpc) is 2.71. The Morgan fingerprint density at radius 1 is 1.42 bits per heavy atom. The summed E-state index contributed by atoms with van der Waals surface area (Å²) in [5.41, 5.74) is 2.52. The lowest BCUT2D eigenvalue weighted by atomic mass is 10.1. The Morgan fingerprint density at radius 3 is 2.74 bits per heavy atom. The number of aryl methyl sites for hydroxylation is 2. The van der Waals surface area contributed by atoms with Crippen molar-refractivity contribution in [3.05, 3.63) is 41.1 Å². The van der Waals surface area contributed by atoms with Gasteiger partial charge in [0.05, 0.1) is 22.5 Å². The molecule has 5 heteroatoms. The first-order valence-corrected chi connectivity index (χ1v) is 5.81. The van der Waals surface area contributed by atoms with Gasteiger partial charge in [-0.3, -0.25) is 9.48 Å². The topological polar surface area (TPSA) is 61.9 Å². The molecule has 0 N–H and O–H groups in total. The molecule has 0 fully saturated rings. The van der Waals surface area contributed by atoms with Crippen LogP contribution in [0.4, 0.5) is 11.5 Å². The number of para-hydroxylation sites is 1. The summed E-state index contributed by atoms with van der Waals surface area (Å²) in [5, 5.41) is 13.4. The second-order valence-electron chi connectivity index (χ2n) is 4.25. The van der Waals surface area contributed by atoms with Gasteiger partial charge in [-0.15, -0.1) is 0 Å². The van der Waals surface area contributed by atoms with Crippen LogP contribution in [0.25, 0.3) is 0 Å². The number of hydrogen-bond donors (Lipinski definition) is 0. The maximum absolute atomic E-state index is 11.2. The van der Waals surface area contributed by atoms with Crippen molar-refractivity contribution < 1.29 is 4.79 Å². The zero-order chi connectivity index (χ0) is 14.0. The molecule has 0 aliphatic heterocycles. The van der Waals surface area contributed by atoms with Crippen LogP contribution in [-0.2, 0) is 7.05 Å². The van der Waals surface area contributed by atoms with Gasteiger partial charge in [-0.1, -0.05) is 12.1 Å². The molecule has 96 valence electrons. The van der Waals surface area contributed by atoms with Crippen LogP contribution in [0.2, 0.25) is 0 Å². The van der Waals surface area contributed by atoms with E-state index in [1.165, 1.54) is 0 Å². The average molecular weight is 254 g/mol. The van der Waals surface area contributed by atoms with Crippen LogP contribution in [0.15, 0.2) is 24.3 Å². The van der Waals surface area contributed by atoms with Crippen molar-refractivity contribution in [3.63, 3.8) is 0 Å². The van der Waals surface area contributed by atoms with Gasteiger partial charge in [0.25, 0.3) is 0 Å². The van der Waals surface area contributed by atoms with Gasteiger partial charge in [-0.25, -0.2) is 0 Å². The van der Waals surface area contributed by atoms with Crippen LogP contribution >= 0.6 is 0 Å². The number of nitriles is 1. The third-order valence-corrected chi connectivity index (χ3v) is 3.06. The number of aldehydes is 1. The van der Waals surface area contributed by atoms with E-state index in [1.807, 2.05) is 30.1 Å². The van der Waals surface area contributed by atoms with Crippen LogP contribution in [0.5, 0.6) is 0 Å². The van der Waals surface area contributed by atoms with Gasteiger partial charge < -0.3 is 4.90 Å². The summed E-state index contributed by atoms with van der Waals surface area (Å²) in [4.78, 5) is 13.0. The Balaban J connectivity index is 2.60. The molecule has 1 heterocycles. The Morgan fingerprint density at radius 2 is 2.11 bits per heavy atom. The van der Waals surface area contributed by atoms with E-state index in [-0.39, 0.29) is 0 Å². The van der Waals surface area contributed by atoms with E-state index in [9.17, 15) is 4.79 Å². The highest BCUT2D eigenvalue weighted by molar-refractivity contribution is 5.87. The molecule has 1 aromatic heterocycles. The Labute approximate surface area is 111 Å². The lowest BCUT2D eigenvalue weighted by Crippen LogP contribution is -2.16. The monoisotopic (exact) mass is 254 g/mol. The molecule has 0 bridgehead atoms. The van der Waals surface area contributed by atoms with Crippen molar-refractivity contribution >= 4 is 17.8 Å². The largest absolute Gasteiger partial charge is 0.328 e. The second kappa shape index (κ2) is 4.94. The highest BCUT2D eigenvalue weighted by atomic mass is 16.1. The molecule has 0 saturated heterocycles. The summed E-state index contributed by atoms with van der Waals surface area (Å²) in [7, 11) is 3.60. The summed E-state index contributed by atoms with van der Waals surface area (Å²) >= 11 is 0. The van der Waals surface area contributed by atoms with E-state index in [0.29, 0.717) is 22.6 Å². The summed E-state index contributed by atoms with van der Waals surface area (Å²) in [6, 6.07) is 9.41. The minimum Gasteiger partial charge on any atom is -0.328 e. The predicted octanol–water partition coefficient (Wildman–Crippen LogP) is 2.18. The number of benzene rings is 1. The van der Waals surface area contributed by atoms with Crippen LogP contribution in [0.1, 0.15) is 21.6 Å². The molecule has 19 heavy (non-hydrogen) atoms. The quantitative estimate of drug-likeness (QED) is 0.788. The lowest BCUT2D eigenvalue weighted by molar-refractivity contribution is 0.112. The Bertz CT molecular complexity index is 667. The first-order valence-electron chi connectivity index (χ1n) is 5.81. The molecule has 0 radical (unpaired) electrons. The van der Waals surface area contributed by atoms with Gasteiger partial charge in [-0.05, 0) is 19.1 Å². The smallest absolute Gasteiger partial charge is 0.155 e. The summed E-state index contributed by atoms with van der Waals surface area (Å²) in [6.45, 7) is 1.79. The fourth-order valence-corrected chi connectivity index (χ4v) is 2.17. The number of aromatic nitrogens is 2. The molecule has 1 aromatic carbocycles. The highest BCUT2D eigenvalue weighted by Crippen LogP contribution is 2.29. The van der Waals surface area contributed by atoms with E-state index in [4.69, 9.17) is 5.26 Å². The number of hydrogen-bond acceptors (Lipinski definition) is 4. The third-order valence-electron chi connectivity index (χ3n) is 3.06. The molecule has 0 aliphatic rings. The van der Waals surface area contributed by atoms with Crippen molar-refractivity contribution in [2.75, 3.05) is 11.9 Å². The van der Waals surface area contributed by atoms with Crippen molar-refractivity contribution in [1.82, 2.24) is 9.78 Å². The number of rotatable bonds is 3. The van der Waals surface area contributed by atoms with E-state index in [0.717, 1.165) is 12.0 Å². The molecular formula is C14H14N4O. The van der Waals surface area contributed by atoms with Gasteiger partial charge in [0, 0.05) is 14.1 Å². The SMILES string of the molecule is Cc1nn(C)c(N(C)c2ccccc2C#N)c1C=O. The Hall–Kier alpha value is -2.61. The molecule has 0 aliphatic carbocycles. The Kier molecular flexibility index (Phi) is 3.34. The van der Waals surface area contributed by atoms with Crippen LogP contribution in [0, 0.1) is 18.3 Å². The minimum absolute atomic E-state index is 0.540. The number of anilines is 2. The van der Waals surface area contributed by atoms with Gasteiger partial charge >= 0.3 is 0 Å². The fraction of sp³-hybridized carbons (Fsp3) is 0.214. The summed E-state index contributed by atoms with van der Waals surface area (Å²) in [5.74, 6) is 0.676. The number of carbonyl (C=O) groups excluding carboxylic acids is 1. The highest BCUT2D eigenvalue weighted by Gasteiger charge is 2.19. The number of nitrogens with zero attached hydrogens (tertiary/aromatic N) is 4. The third kappa shape index (κ3) is 2.08. The van der Waals surface area contributed by atoms with Gasteiger partial charge in [0.15, 0.2) is 6.29 Å². The van der Waals surface area contributed by atoms with E-state index in [2.05, 4.69) is 11.2 Å². The minimum atomic E-state index is 0.540. The molecule has 0 saturated carbocycles. The molecule has 0 unspecified atom stereocenters. The zero-order valence-corrected chi connectivity index (χ0v) is 11.1. The van der Waals surface area contributed by atoms with E-state index >= 15 is 0 Å². The first kappa shape index (κ1) is 12.8. The van der Waals surface area contributed by atoms with Crippen molar-refractivity contribution in [3.8, 4) is 6.07 Å². The van der Waals surface area contributed by atoms with Gasteiger partial charge in [-0.2, -0.15) is 10.4 Å². The standard InChI is InChI=1S/C14H14N4O/c1-10-12(9-19)14(18(3)16-10)17(2)13-7-5-4-6-11(13)8-15/h4-7,9H,1-3H3. The molecule has 2 aromatic rings. The van der Waals surface area contributed by atoms with Crippen molar-refractivity contribution in [1.29, 1.82) is 5.26 Å². The van der Waals surface area contributed by atoms with Crippen LogP contribution in [0.3, 0.4) is 0 Å². The maximum Gasteiger partial charge on any atom is 0.155 e. The predicted molar refractivity (Wildman–Crippen MR) is 72.6 cm³/mol. The van der Waals surface area contributed by atoms with E-state index in [1.54, 1.807) is 24.7 Å². The molecule has 0 spiro atoms. The molecule has 0 amide bonds. The maximum atomic E-state index is 11.2.